The van der Waals surface area contributed by atoms with Gasteiger partial charge in [0.2, 0.25) is 0 Å². The van der Waals surface area contributed by atoms with Gasteiger partial charge in [-0.15, -0.1) is 0 Å². The van der Waals surface area contributed by atoms with Crippen molar-refractivity contribution in [3.8, 4) is 11.5 Å². The Morgan fingerprint density at radius 3 is 2.19 bits per heavy atom. The second kappa shape index (κ2) is 6.80. The highest BCUT2D eigenvalue weighted by atomic mass is 32.2. The van der Waals surface area contributed by atoms with Crippen molar-refractivity contribution in [2.75, 3.05) is 14.2 Å². The SMILES string of the molecule is COc1ccc(S(=O)(=O)C(CC(=O)O)C(C)C)cc1OC. The van der Waals surface area contributed by atoms with E-state index < -0.39 is 27.5 Å². The van der Waals surface area contributed by atoms with Crippen LogP contribution in [-0.4, -0.2) is 39.0 Å². The van der Waals surface area contributed by atoms with Crippen LogP contribution in [0.15, 0.2) is 23.1 Å². The Labute approximate surface area is 124 Å². The number of hydrogen-bond donors (Lipinski definition) is 1. The molecule has 0 aromatic heterocycles. The van der Waals surface area contributed by atoms with Crippen molar-refractivity contribution in [3.63, 3.8) is 0 Å². The molecule has 1 atom stereocenters. The summed E-state index contributed by atoms with van der Waals surface area (Å²) < 4.78 is 35.4. The molecule has 7 heteroatoms. The monoisotopic (exact) mass is 316 g/mol. The molecule has 0 spiro atoms. The molecule has 0 aliphatic carbocycles. The largest absolute Gasteiger partial charge is 0.493 e. The molecule has 1 aromatic carbocycles. The third-order valence-electron chi connectivity index (χ3n) is 3.20. The van der Waals surface area contributed by atoms with E-state index in [1.807, 2.05) is 0 Å². The molecule has 1 aromatic rings. The van der Waals surface area contributed by atoms with Gasteiger partial charge in [0.05, 0.1) is 30.8 Å². The molecule has 1 rings (SSSR count). The zero-order chi connectivity index (χ0) is 16.2. The Morgan fingerprint density at radius 1 is 1.19 bits per heavy atom. The third-order valence-corrected chi connectivity index (χ3v) is 5.62. The first kappa shape index (κ1) is 17.3. The maximum atomic E-state index is 12.6. The first-order chi connectivity index (χ1) is 9.73. The maximum Gasteiger partial charge on any atom is 0.304 e. The minimum atomic E-state index is -3.77. The lowest BCUT2D eigenvalue weighted by Crippen LogP contribution is -2.29. The molecular weight excluding hydrogens is 296 g/mol. The molecule has 21 heavy (non-hydrogen) atoms. The lowest BCUT2D eigenvalue weighted by atomic mass is 10.1. The van der Waals surface area contributed by atoms with Crippen molar-refractivity contribution in [2.24, 2.45) is 5.92 Å². The van der Waals surface area contributed by atoms with E-state index >= 15 is 0 Å². The quantitative estimate of drug-likeness (QED) is 0.827. The molecule has 0 radical (unpaired) electrons. The summed E-state index contributed by atoms with van der Waals surface area (Å²) in [5.74, 6) is -0.760. The summed E-state index contributed by atoms with van der Waals surface area (Å²) in [5, 5.41) is 7.92. The molecule has 1 N–H and O–H groups in total. The van der Waals surface area contributed by atoms with Crippen LogP contribution in [0.2, 0.25) is 0 Å². The van der Waals surface area contributed by atoms with Crippen LogP contribution in [-0.2, 0) is 14.6 Å². The van der Waals surface area contributed by atoms with E-state index in [0.717, 1.165) is 0 Å². The summed E-state index contributed by atoms with van der Waals surface area (Å²) in [6, 6.07) is 4.24. The van der Waals surface area contributed by atoms with Crippen molar-refractivity contribution >= 4 is 15.8 Å². The van der Waals surface area contributed by atoms with Crippen molar-refractivity contribution < 1.29 is 27.8 Å². The van der Waals surface area contributed by atoms with Gasteiger partial charge in [0.15, 0.2) is 21.3 Å². The topological polar surface area (TPSA) is 89.9 Å². The number of hydrogen-bond acceptors (Lipinski definition) is 5. The van der Waals surface area contributed by atoms with E-state index in [4.69, 9.17) is 14.6 Å². The predicted molar refractivity (Wildman–Crippen MR) is 77.6 cm³/mol. The number of carboxylic acid groups (broad SMARTS) is 1. The summed E-state index contributed by atoms with van der Waals surface area (Å²) in [4.78, 5) is 10.9. The van der Waals surface area contributed by atoms with Crippen molar-refractivity contribution in [3.05, 3.63) is 18.2 Å². The fourth-order valence-corrected chi connectivity index (χ4v) is 4.00. The van der Waals surface area contributed by atoms with Crippen LogP contribution in [0.5, 0.6) is 11.5 Å². The Bertz CT molecular complexity index is 606. The molecule has 118 valence electrons. The zero-order valence-electron chi connectivity index (χ0n) is 12.5. The lowest BCUT2D eigenvalue weighted by molar-refractivity contribution is -0.137. The van der Waals surface area contributed by atoms with Gasteiger partial charge in [-0.1, -0.05) is 13.8 Å². The molecule has 0 aliphatic rings. The van der Waals surface area contributed by atoms with E-state index in [2.05, 4.69) is 0 Å². The number of methoxy groups -OCH3 is 2. The summed E-state index contributed by atoms with van der Waals surface area (Å²) in [6.45, 7) is 3.37. The van der Waals surface area contributed by atoms with Crippen LogP contribution < -0.4 is 9.47 Å². The minimum absolute atomic E-state index is 0.0279. The third kappa shape index (κ3) is 3.87. The van der Waals surface area contributed by atoms with E-state index in [1.54, 1.807) is 13.8 Å². The summed E-state index contributed by atoms with van der Waals surface area (Å²) in [6.07, 6.45) is -0.436. The van der Waals surface area contributed by atoms with Crippen molar-refractivity contribution in [1.29, 1.82) is 0 Å². The molecule has 1 unspecified atom stereocenters. The molecule has 0 heterocycles. The van der Waals surface area contributed by atoms with Gasteiger partial charge in [-0.2, -0.15) is 0 Å². The molecule has 0 saturated carbocycles. The lowest BCUT2D eigenvalue weighted by Gasteiger charge is -2.20. The fraction of sp³-hybridized carbons (Fsp3) is 0.500. The van der Waals surface area contributed by atoms with Crippen LogP contribution in [0, 0.1) is 5.92 Å². The molecule has 0 fully saturated rings. The number of benzene rings is 1. The van der Waals surface area contributed by atoms with Crippen LogP contribution in [0.1, 0.15) is 20.3 Å². The average molecular weight is 316 g/mol. The number of rotatable bonds is 7. The first-order valence-corrected chi connectivity index (χ1v) is 7.96. The Morgan fingerprint density at radius 2 is 1.76 bits per heavy atom. The molecule has 0 bridgehead atoms. The van der Waals surface area contributed by atoms with Crippen LogP contribution >= 0.6 is 0 Å². The second-order valence-electron chi connectivity index (χ2n) is 4.94. The molecule has 0 amide bonds. The van der Waals surface area contributed by atoms with Crippen LogP contribution in [0.25, 0.3) is 0 Å². The number of carboxylic acids is 1. The summed E-state index contributed by atoms with van der Waals surface area (Å²) in [5.41, 5.74) is 0. The van der Waals surface area contributed by atoms with E-state index in [0.29, 0.717) is 5.75 Å². The highest BCUT2D eigenvalue weighted by Gasteiger charge is 2.32. The van der Waals surface area contributed by atoms with Gasteiger partial charge in [0.1, 0.15) is 0 Å². The van der Waals surface area contributed by atoms with Gasteiger partial charge in [0, 0.05) is 6.07 Å². The molecular formula is C14H20O6S. The smallest absolute Gasteiger partial charge is 0.304 e. The van der Waals surface area contributed by atoms with Crippen molar-refractivity contribution in [2.45, 2.75) is 30.4 Å². The highest BCUT2D eigenvalue weighted by Crippen LogP contribution is 2.32. The molecule has 0 saturated heterocycles. The van der Waals surface area contributed by atoms with E-state index in [-0.39, 0.29) is 16.6 Å². The Kier molecular flexibility index (Phi) is 5.60. The van der Waals surface area contributed by atoms with Gasteiger partial charge in [-0.25, -0.2) is 8.42 Å². The molecule has 6 nitrogen and oxygen atoms in total. The maximum absolute atomic E-state index is 12.6. The zero-order valence-corrected chi connectivity index (χ0v) is 13.3. The standard InChI is InChI=1S/C14H20O6S/c1-9(2)13(8-14(15)16)21(17,18)10-5-6-11(19-3)12(7-10)20-4/h5-7,9,13H,8H2,1-4H3,(H,15,16). The fourth-order valence-electron chi connectivity index (χ4n) is 2.04. The van der Waals surface area contributed by atoms with Gasteiger partial charge < -0.3 is 14.6 Å². The second-order valence-corrected chi connectivity index (χ2v) is 7.11. The normalized spacial score (nSPS) is 13.0. The highest BCUT2D eigenvalue weighted by molar-refractivity contribution is 7.92. The Balaban J connectivity index is 3.31. The predicted octanol–water partition coefficient (Wildman–Crippen LogP) is 1.98. The van der Waals surface area contributed by atoms with E-state index in [9.17, 15) is 13.2 Å². The van der Waals surface area contributed by atoms with E-state index in [1.165, 1.54) is 32.4 Å². The number of carbonyl (C=O) groups is 1. The van der Waals surface area contributed by atoms with Gasteiger partial charge in [0.25, 0.3) is 0 Å². The number of sulfone groups is 1. The summed E-state index contributed by atoms with van der Waals surface area (Å²) >= 11 is 0. The van der Waals surface area contributed by atoms with Gasteiger partial charge >= 0.3 is 5.97 Å². The molecule has 0 aliphatic heterocycles. The Hall–Kier alpha value is -1.76. The van der Waals surface area contributed by atoms with Crippen LogP contribution in [0.3, 0.4) is 0 Å². The summed E-state index contributed by atoms with van der Waals surface area (Å²) in [7, 11) is -0.909. The van der Waals surface area contributed by atoms with Crippen LogP contribution in [0.4, 0.5) is 0 Å². The van der Waals surface area contributed by atoms with Crippen molar-refractivity contribution in [1.82, 2.24) is 0 Å². The van der Waals surface area contributed by atoms with Gasteiger partial charge in [-0.05, 0) is 18.1 Å². The average Bonchev–Trinajstić information content (AvgIpc) is 2.43. The first-order valence-electron chi connectivity index (χ1n) is 6.41. The minimum Gasteiger partial charge on any atom is -0.493 e. The number of aliphatic carboxylic acids is 1. The number of ether oxygens (including phenoxy) is 2. The van der Waals surface area contributed by atoms with Gasteiger partial charge in [-0.3, -0.25) is 4.79 Å².